The lowest BCUT2D eigenvalue weighted by Gasteiger charge is -2.13. The second-order valence-electron chi connectivity index (χ2n) is 4.01. The molecule has 1 aliphatic rings. The van der Waals surface area contributed by atoms with Gasteiger partial charge in [0.25, 0.3) is 0 Å². The molecule has 0 radical (unpaired) electrons. The lowest BCUT2D eigenvalue weighted by molar-refractivity contribution is 0.403. The number of halogens is 1. The molecule has 0 amide bonds. The van der Waals surface area contributed by atoms with Gasteiger partial charge in [0, 0.05) is 10.4 Å². The number of hydrogen-bond acceptors (Lipinski definition) is 1. The minimum atomic E-state index is 0.475. The van der Waals surface area contributed by atoms with E-state index >= 15 is 0 Å². The van der Waals surface area contributed by atoms with Crippen LogP contribution in [0.1, 0.15) is 35.7 Å². The average Bonchev–Trinajstić information content (AvgIpc) is 2.44. The summed E-state index contributed by atoms with van der Waals surface area (Å²) in [4.78, 5) is 0.475. The summed E-state index contributed by atoms with van der Waals surface area (Å²) in [6.45, 7) is 4.55. The minimum absolute atomic E-state index is 0.475. The number of alkyl halides is 1. The van der Waals surface area contributed by atoms with Crippen LogP contribution in [0.25, 0.3) is 0 Å². The normalized spacial score (nSPS) is 30.1. The maximum atomic E-state index is 5.40. The Kier molecular flexibility index (Phi) is 2.56. The van der Waals surface area contributed by atoms with Crippen LogP contribution in [-0.2, 0) is 0 Å². The Bertz CT molecular complexity index is 348. The van der Waals surface area contributed by atoms with Gasteiger partial charge in [-0.15, -0.1) is 0 Å². The highest BCUT2D eigenvalue weighted by atomic mass is 79.9. The van der Waals surface area contributed by atoms with Gasteiger partial charge in [0.15, 0.2) is 0 Å². The fourth-order valence-electron chi connectivity index (χ4n) is 2.27. The number of benzene rings is 1. The fraction of sp³-hybridized carbons (Fsp3) is 0.500. The molecule has 0 aliphatic heterocycles. The van der Waals surface area contributed by atoms with Crippen molar-refractivity contribution in [2.75, 3.05) is 7.11 Å². The average molecular weight is 255 g/mol. The predicted octanol–water partition coefficient (Wildman–Crippen LogP) is 3.88. The van der Waals surface area contributed by atoms with Crippen molar-refractivity contribution < 1.29 is 4.74 Å². The Morgan fingerprint density at radius 1 is 1.29 bits per heavy atom. The molecule has 0 saturated heterocycles. The van der Waals surface area contributed by atoms with E-state index in [1.807, 2.05) is 6.07 Å². The topological polar surface area (TPSA) is 9.23 Å². The van der Waals surface area contributed by atoms with Gasteiger partial charge in [0.05, 0.1) is 7.11 Å². The summed E-state index contributed by atoms with van der Waals surface area (Å²) in [6, 6.07) is 6.31. The van der Waals surface area contributed by atoms with E-state index in [1.165, 1.54) is 11.1 Å². The van der Waals surface area contributed by atoms with Crippen molar-refractivity contribution in [3.8, 4) is 5.75 Å². The number of hydrogen-bond donors (Lipinski definition) is 0. The molecule has 0 fully saturated rings. The maximum Gasteiger partial charge on any atom is 0.122 e. The standard InChI is InChI=1S/C12H15BrO/c1-7-8(2)12(13)9-5-4-6-10(14-3)11(7)9/h4-8,12H,1-3H3. The Hall–Kier alpha value is -0.500. The number of rotatable bonds is 1. The van der Waals surface area contributed by atoms with Crippen molar-refractivity contribution in [3.05, 3.63) is 29.3 Å². The zero-order valence-electron chi connectivity index (χ0n) is 8.75. The van der Waals surface area contributed by atoms with Gasteiger partial charge in [-0.05, 0) is 23.5 Å². The first-order valence-electron chi connectivity index (χ1n) is 4.97. The Labute approximate surface area is 93.6 Å². The van der Waals surface area contributed by atoms with Crippen LogP contribution in [0.4, 0.5) is 0 Å². The first-order valence-corrected chi connectivity index (χ1v) is 5.89. The molecule has 1 nitrogen and oxygen atoms in total. The van der Waals surface area contributed by atoms with Gasteiger partial charge in [-0.25, -0.2) is 0 Å². The Morgan fingerprint density at radius 3 is 2.64 bits per heavy atom. The van der Waals surface area contributed by atoms with Crippen molar-refractivity contribution in [2.24, 2.45) is 5.92 Å². The van der Waals surface area contributed by atoms with E-state index in [0.717, 1.165) is 5.75 Å². The monoisotopic (exact) mass is 254 g/mol. The van der Waals surface area contributed by atoms with Crippen LogP contribution < -0.4 is 4.74 Å². The van der Waals surface area contributed by atoms with Crippen LogP contribution in [0.5, 0.6) is 5.75 Å². The molecule has 0 heterocycles. The van der Waals surface area contributed by atoms with E-state index in [1.54, 1.807) is 7.11 Å². The lowest BCUT2D eigenvalue weighted by Crippen LogP contribution is -2.00. The molecule has 0 saturated carbocycles. The third-order valence-electron chi connectivity index (χ3n) is 3.32. The minimum Gasteiger partial charge on any atom is -0.496 e. The maximum absolute atomic E-state index is 5.40. The smallest absolute Gasteiger partial charge is 0.122 e. The first-order chi connectivity index (χ1) is 6.66. The zero-order valence-corrected chi connectivity index (χ0v) is 10.3. The molecule has 3 atom stereocenters. The van der Waals surface area contributed by atoms with Crippen LogP contribution in [0, 0.1) is 5.92 Å². The highest BCUT2D eigenvalue weighted by Gasteiger charge is 2.35. The van der Waals surface area contributed by atoms with E-state index in [-0.39, 0.29) is 0 Å². The predicted molar refractivity (Wildman–Crippen MR) is 62.2 cm³/mol. The third-order valence-corrected chi connectivity index (χ3v) is 4.65. The summed E-state index contributed by atoms with van der Waals surface area (Å²) >= 11 is 3.75. The summed E-state index contributed by atoms with van der Waals surface area (Å²) in [5.41, 5.74) is 2.77. The molecule has 0 aromatic heterocycles. The van der Waals surface area contributed by atoms with Gasteiger partial charge >= 0.3 is 0 Å². The van der Waals surface area contributed by atoms with Crippen LogP contribution in [0.2, 0.25) is 0 Å². The highest BCUT2D eigenvalue weighted by molar-refractivity contribution is 9.09. The molecule has 2 heteroatoms. The second-order valence-corrected chi connectivity index (χ2v) is 5.00. The van der Waals surface area contributed by atoms with Gasteiger partial charge < -0.3 is 4.74 Å². The summed E-state index contributed by atoms with van der Waals surface area (Å²) in [5, 5.41) is 0. The first kappa shape index (κ1) is 10.0. The molecule has 1 aromatic carbocycles. The molecule has 1 aromatic rings. The molecule has 0 N–H and O–H groups in total. The third kappa shape index (κ3) is 1.28. The second kappa shape index (κ2) is 3.58. The molecule has 14 heavy (non-hydrogen) atoms. The molecular formula is C12H15BrO. The molecule has 1 aliphatic carbocycles. The Morgan fingerprint density at radius 2 is 2.00 bits per heavy atom. The van der Waals surface area contributed by atoms with Crippen molar-refractivity contribution in [1.29, 1.82) is 0 Å². The largest absolute Gasteiger partial charge is 0.496 e. The van der Waals surface area contributed by atoms with E-state index in [0.29, 0.717) is 16.7 Å². The lowest BCUT2D eigenvalue weighted by atomic mass is 9.96. The van der Waals surface area contributed by atoms with E-state index in [2.05, 4.69) is 41.9 Å². The van der Waals surface area contributed by atoms with Crippen LogP contribution in [-0.4, -0.2) is 7.11 Å². The Balaban J connectivity index is 2.57. The summed E-state index contributed by atoms with van der Waals surface area (Å²) in [5.74, 6) is 2.25. The zero-order chi connectivity index (χ0) is 10.3. The van der Waals surface area contributed by atoms with Gasteiger partial charge in [-0.3, -0.25) is 0 Å². The summed E-state index contributed by atoms with van der Waals surface area (Å²) in [7, 11) is 1.74. The molecule has 3 unspecified atom stereocenters. The SMILES string of the molecule is COc1cccc2c1C(C)C(C)C2Br. The van der Waals surface area contributed by atoms with E-state index < -0.39 is 0 Å². The van der Waals surface area contributed by atoms with E-state index in [9.17, 15) is 0 Å². The van der Waals surface area contributed by atoms with Crippen LogP contribution in [0.3, 0.4) is 0 Å². The molecular weight excluding hydrogens is 240 g/mol. The highest BCUT2D eigenvalue weighted by Crippen LogP contribution is 2.52. The van der Waals surface area contributed by atoms with Gasteiger partial charge in [-0.1, -0.05) is 41.9 Å². The number of ether oxygens (including phenoxy) is 1. The van der Waals surface area contributed by atoms with Crippen molar-refractivity contribution >= 4 is 15.9 Å². The quantitative estimate of drug-likeness (QED) is 0.692. The van der Waals surface area contributed by atoms with Gasteiger partial charge in [0.1, 0.15) is 5.75 Å². The number of fused-ring (bicyclic) bond motifs is 1. The van der Waals surface area contributed by atoms with E-state index in [4.69, 9.17) is 4.74 Å². The van der Waals surface area contributed by atoms with Crippen LogP contribution >= 0.6 is 15.9 Å². The fourth-order valence-corrected chi connectivity index (χ4v) is 3.12. The number of methoxy groups -OCH3 is 1. The van der Waals surface area contributed by atoms with Gasteiger partial charge in [0.2, 0.25) is 0 Å². The van der Waals surface area contributed by atoms with Crippen molar-refractivity contribution in [2.45, 2.75) is 24.6 Å². The van der Waals surface area contributed by atoms with Gasteiger partial charge in [-0.2, -0.15) is 0 Å². The molecule has 0 bridgehead atoms. The molecule has 2 rings (SSSR count). The summed E-state index contributed by atoms with van der Waals surface area (Å²) < 4.78 is 5.40. The van der Waals surface area contributed by atoms with Crippen molar-refractivity contribution in [3.63, 3.8) is 0 Å². The molecule has 76 valence electrons. The summed E-state index contributed by atoms with van der Waals surface area (Å²) in [6.07, 6.45) is 0. The van der Waals surface area contributed by atoms with Crippen LogP contribution in [0.15, 0.2) is 18.2 Å². The molecule has 0 spiro atoms. The van der Waals surface area contributed by atoms with Crippen molar-refractivity contribution in [1.82, 2.24) is 0 Å².